The fraction of sp³-hybridized carbons (Fsp3) is 0. The quantitative estimate of drug-likeness (QED) is 0.571. The van der Waals surface area contributed by atoms with Gasteiger partial charge in [-0.05, 0) is 29.8 Å². The second-order valence-electron chi connectivity index (χ2n) is 4.57. The van der Waals surface area contributed by atoms with Gasteiger partial charge in [-0.25, -0.2) is 4.98 Å². The standard InChI is InChI=1S/C16H9Cl3N2OS/c17-10-4-2-1-3-9(10)5-8-13(22)20-16-21-14-11(18)6-7-12(19)15(14)23-16/h1-8H,(H,20,21,22)/b8-5+. The summed E-state index contributed by atoms with van der Waals surface area (Å²) >= 11 is 19.5. The summed E-state index contributed by atoms with van der Waals surface area (Å²) in [6.45, 7) is 0. The highest BCUT2D eigenvalue weighted by Gasteiger charge is 2.11. The van der Waals surface area contributed by atoms with Gasteiger partial charge < -0.3 is 0 Å². The average Bonchev–Trinajstić information content (AvgIpc) is 2.95. The number of hydrogen-bond donors (Lipinski definition) is 1. The molecule has 0 unspecified atom stereocenters. The van der Waals surface area contributed by atoms with E-state index < -0.39 is 0 Å². The Balaban J connectivity index is 1.79. The zero-order chi connectivity index (χ0) is 16.4. The summed E-state index contributed by atoms with van der Waals surface area (Å²) in [6, 6.07) is 10.6. The average molecular weight is 384 g/mol. The molecule has 0 bridgehead atoms. The number of halogens is 3. The van der Waals surface area contributed by atoms with Crippen LogP contribution in [-0.4, -0.2) is 10.9 Å². The molecule has 0 aliphatic rings. The van der Waals surface area contributed by atoms with E-state index in [2.05, 4.69) is 10.3 Å². The number of thiazole rings is 1. The van der Waals surface area contributed by atoms with E-state index >= 15 is 0 Å². The zero-order valence-electron chi connectivity index (χ0n) is 11.5. The maximum absolute atomic E-state index is 12.0. The van der Waals surface area contributed by atoms with E-state index in [0.29, 0.717) is 25.7 Å². The predicted octanol–water partition coefficient (Wildman–Crippen LogP) is 5.91. The van der Waals surface area contributed by atoms with Crippen LogP contribution in [0.1, 0.15) is 5.56 Å². The molecule has 3 rings (SSSR count). The Kier molecular flexibility index (Phi) is 4.87. The number of rotatable bonds is 3. The van der Waals surface area contributed by atoms with Crippen LogP contribution in [0.5, 0.6) is 0 Å². The normalized spacial score (nSPS) is 11.3. The molecule has 1 amide bonds. The lowest BCUT2D eigenvalue weighted by atomic mass is 10.2. The Hall–Kier alpha value is -1.59. The van der Waals surface area contributed by atoms with E-state index in [1.165, 1.54) is 17.4 Å². The molecule has 0 atom stereocenters. The monoisotopic (exact) mass is 382 g/mol. The minimum atomic E-state index is -0.309. The minimum absolute atomic E-state index is 0.309. The lowest BCUT2D eigenvalue weighted by Gasteiger charge is -1.97. The van der Waals surface area contributed by atoms with Crippen LogP contribution in [0.2, 0.25) is 15.1 Å². The molecule has 2 aromatic carbocycles. The Morgan fingerprint density at radius 2 is 1.78 bits per heavy atom. The van der Waals surface area contributed by atoms with Gasteiger partial charge in [-0.1, -0.05) is 64.3 Å². The van der Waals surface area contributed by atoms with Crippen LogP contribution in [0, 0.1) is 0 Å². The molecular weight excluding hydrogens is 375 g/mol. The number of amides is 1. The number of benzene rings is 2. The second kappa shape index (κ2) is 6.89. The van der Waals surface area contributed by atoms with Crippen molar-refractivity contribution in [1.29, 1.82) is 0 Å². The highest BCUT2D eigenvalue weighted by atomic mass is 35.5. The number of carbonyl (C=O) groups is 1. The molecule has 0 saturated heterocycles. The summed E-state index contributed by atoms with van der Waals surface area (Å²) in [4.78, 5) is 16.3. The van der Waals surface area contributed by atoms with E-state index in [1.807, 2.05) is 18.2 Å². The number of anilines is 1. The van der Waals surface area contributed by atoms with Gasteiger partial charge in [-0.15, -0.1) is 0 Å². The molecule has 23 heavy (non-hydrogen) atoms. The Labute approximate surface area is 151 Å². The number of aromatic nitrogens is 1. The Morgan fingerprint density at radius 1 is 1.04 bits per heavy atom. The molecule has 1 N–H and O–H groups in total. The summed E-state index contributed by atoms with van der Waals surface area (Å²) < 4.78 is 0.740. The third-order valence-corrected chi connectivity index (χ3v) is 5.08. The fourth-order valence-electron chi connectivity index (χ4n) is 1.92. The zero-order valence-corrected chi connectivity index (χ0v) is 14.6. The van der Waals surface area contributed by atoms with E-state index in [9.17, 15) is 4.79 Å². The van der Waals surface area contributed by atoms with Gasteiger partial charge in [0.15, 0.2) is 5.13 Å². The molecule has 116 valence electrons. The first-order valence-corrected chi connectivity index (χ1v) is 8.48. The van der Waals surface area contributed by atoms with Gasteiger partial charge in [-0.2, -0.15) is 0 Å². The molecule has 0 aliphatic heterocycles. The van der Waals surface area contributed by atoms with Crippen molar-refractivity contribution in [3.8, 4) is 0 Å². The van der Waals surface area contributed by atoms with E-state index in [-0.39, 0.29) is 5.91 Å². The smallest absolute Gasteiger partial charge is 0.250 e. The van der Waals surface area contributed by atoms with Crippen molar-refractivity contribution in [3.05, 3.63) is 63.1 Å². The number of nitrogens with zero attached hydrogens (tertiary/aromatic N) is 1. The lowest BCUT2D eigenvalue weighted by molar-refractivity contribution is -0.111. The van der Waals surface area contributed by atoms with Crippen LogP contribution in [0.15, 0.2) is 42.5 Å². The Morgan fingerprint density at radius 3 is 2.52 bits per heavy atom. The van der Waals surface area contributed by atoms with Crippen LogP contribution >= 0.6 is 46.1 Å². The molecule has 1 heterocycles. The third kappa shape index (κ3) is 3.67. The molecular formula is C16H9Cl3N2OS. The number of hydrogen-bond acceptors (Lipinski definition) is 3. The summed E-state index contributed by atoms with van der Waals surface area (Å²) in [5, 5.41) is 4.75. The predicted molar refractivity (Wildman–Crippen MR) is 98.8 cm³/mol. The second-order valence-corrected chi connectivity index (χ2v) is 6.79. The van der Waals surface area contributed by atoms with Crippen molar-refractivity contribution < 1.29 is 4.79 Å². The molecule has 0 fully saturated rings. The Bertz CT molecular complexity index is 882. The summed E-state index contributed by atoms with van der Waals surface area (Å²) in [6.07, 6.45) is 3.04. The SMILES string of the molecule is O=C(/C=C/c1ccccc1Cl)Nc1nc2c(Cl)ccc(Cl)c2s1. The van der Waals surface area contributed by atoms with Gasteiger partial charge >= 0.3 is 0 Å². The molecule has 3 aromatic rings. The van der Waals surface area contributed by atoms with Crippen molar-refractivity contribution in [2.45, 2.75) is 0 Å². The highest BCUT2D eigenvalue weighted by molar-refractivity contribution is 7.23. The number of fused-ring (bicyclic) bond motifs is 1. The van der Waals surface area contributed by atoms with Gasteiger partial charge in [0.25, 0.3) is 0 Å². The van der Waals surface area contributed by atoms with Crippen molar-refractivity contribution in [2.75, 3.05) is 5.32 Å². The molecule has 7 heteroatoms. The first kappa shape index (κ1) is 16.3. The van der Waals surface area contributed by atoms with Crippen LogP contribution in [-0.2, 0) is 4.79 Å². The van der Waals surface area contributed by atoms with E-state index in [1.54, 1.807) is 24.3 Å². The van der Waals surface area contributed by atoms with Gasteiger partial charge in [0, 0.05) is 11.1 Å². The van der Waals surface area contributed by atoms with Crippen LogP contribution in [0.25, 0.3) is 16.3 Å². The molecule has 0 saturated carbocycles. The van der Waals surface area contributed by atoms with E-state index in [4.69, 9.17) is 34.8 Å². The van der Waals surface area contributed by atoms with Gasteiger partial charge in [0.1, 0.15) is 5.52 Å². The first-order chi connectivity index (χ1) is 11.0. The third-order valence-electron chi connectivity index (χ3n) is 3.00. The summed E-state index contributed by atoms with van der Waals surface area (Å²) in [5.41, 5.74) is 1.34. The van der Waals surface area contributed by atoms with Crippen molar-refractivity contribution in [2.24, 2.45) is 0 Å². The van der Waals surface area contributed by atoms with Crippen LogP contribution < -0.4 is 5.32 Å². The fourth-order valence-corrected chi connectivity index (χ4v) is 3.54. The van der Waals surface area contributed by atoms with Gasteiger partial charge in [-0.3, -0.25) is 10.1 Å². The topological polar surface area (TPSA) is 42.0 Å². The van der Waals surface area contributed by atoms with Crippen molar-refractivity contribution >= 4 is 73.5 Å². The maximum atomic E-state index is 12.0. The molecule has 0 spiro atoms. The maximum Gasteiger partial charge on any atom is 0.250 e. The largest absolute Gasteiger partial charge is 0.298 e. The van der Waals surface area contributed by atoms with E-state index in [0.717, 1.165) is 10.3 Å². The number of carbonyl (C=O) groups excluding carboxylic acids is 1. The highest BCUT2D eigenvalue weighted by Crippen LogP contribution is 2.35. The summed E-state index contributed by atoms with van der Waals surface area (Å²) in [5.74, 6) is -0.309. The lowest BCUT2D eigenvalue weighted by Crippen LogP contribution is -2.07. The van der Waals surface area contributed by atoms with Crippen molar-refractivity contribution in [3.63, 3.8) is 0 Å². The molecule has 0 radical (unpaired) electrons. The number of nitrogens with one attached hydrogen (secondary N) is 1. The first-order valence-electron chi connectivity index (χ1n) is 6.53. The van der Waals surface area contributed by atoms with Gasteiger partial charge in [0.05, 0.1) is 14.7 Å². The van der Waals surface area contributed by atoms with Crippen LogP contribution in [0.4, 0.5) is 5.13 Å². The van der Waals surface area contributed by atoms with Gasteiger partial charge in [0.2, 0.25) is 5.91 Å². The molecule has 1 aromatic heterocycles. The van der Waals surface area contributed by atoms with Crippen molar-refractivity contribution in [1.82, 2.24) is 4.98 Å². The van der Waals surface area contributed by atoms with Crippen LogP contribution in [0.3, 0.4) is 0 Å². The minimum Gasteiger partial charge on any atom is -0.298 e. The molecule has 3 nitrogen and oxygen atoms in total. The molecule has 0 aliphatic carbocycles. The summed E-state index contributed by atoms with van der Waals surface area (Å²) in [7, 11) is 0.